The van der Waals surface area contributed by atoms with Crippen molar-refractivity contribution in [1.29, 1.82) is 0 Å². The lowest BCUT2D eigenvalue weighted by Gasteiger charge is -2.31. The van der Waals surface area contributed by atoms with Crippen LogP contribution >= 0.6 is 0 Å². The molecule has 90 valence electrons. The number of unbranched alkanes of at least 4 members (excludes halogenated alkanes) is 1. The van der Waals surface area contributed by atoms with Gasteiger partial charge in [0.05, 0.1) is 0 Å². The Morgan fingerprint density at radius 1 is 1.06 bits per heavy atom. The van der Waals surface area contributed by atoms with Crippen LogP contribution in [0.2, 0.25) is 0 Å². The fourth-order valence-electron chi connectivity index (χ4n) is 2.12. The Morgan fingerprint density at radius 2 is 1.75 bits per heavy atom. The zero-order valence-electron chi connectivity index (χ0n) is 10.9. The van der Waals surface area contributed by atoms with E-state index < -0.39 is 0 Å². The van der Waals surface area contributed by atoms with E-state index >= 15 is 0 Å². The fraction of sp³-hybridized carbons (Fsp3) is 0.600. The number of hydrogen-bond donors (Lipinski definition) is 0. The van der Waals surface area contributed by atoms with Gasteiger partial charge in [-0.15, -0.1) is 0 Å². The van der Waals surface area contributed by atoms with Crippen molar-refractivity contribution in [3.05, 3.63) is 30.3 Å². The number of hydrogen-bond acceptors (Lipinski definition) is 1. The van der Waals surface area contributed by atoms with Gasteiger partial charge >= 0.3 is 0 Å². The Hall–Kier alpha value is -0.980. The first-order valence-corrected chi connectivity index (χ1v) is 6.61. The van der Waals surface area contributed by atoms with E-state index in [4.69, 9.17) is 0 Å². The molecule has 0 aliphatic rings. The molecule has 1 atom stereocenters. The summed E-state index contributed by atoms with van der Waals surface area (Å²) in [6, 6.07) is 11.4. The molecular formula is C15H25N. The summed E-state index contributed by atoms with van der Waals surface area (Å²) >= 11 is 0. The van der Waals surface area contributed by atoms with E-state index in [9.17, 15) is 0 Å². The largest absolute Gasteiger partial charge is 0.369 e. The molecule has 1 heteroatoms. The van der Waals surface area contributed by atoms with E-state index in [-0.39, 0.29) is 0 Å². The van der Waals surface area contributed by atoms with Crippen LogP contribution in [-0.2, 0) is 0 Å². The van der Waals surface area contributed by atoms with Crippen LogP contribution in [0.4, 0.5) is 5.69 Å². The normalized spacial score (nSPS) is 12.4. The molecule has 0 heterocycles. The highest BCUT2D eigenvalue weighted by molar-refractivity contribution is 5.46. The number of benzene rings is 1. The van der Waals surface area contributed by atoms with Crippen molar-refractivity contribution >= 4 is 5.69 Å². The minimum absolute atomic E-state index is 0.655. The average molecular weight is 219 g/mol. The molecule has 16 heavy (non-hydrogen) atoms. The molecule has 1 unspecified atom stereocenters. The van der Waals surface area contributed by atoms with Gasteiger partial charge in [-0.2, -0.15) is 0 Å². The highest BCUT2D eigenvalue weighted by Gasteiger charge is 2.12. The highest BCUT2D eigenvalue weighted by atomic mass is 15.2. The van der Waals surface area contributed by atoms with Crippen LogP contribution in [0.1, 0.15) is 46.5 Å². The van der Waals surface area contributed by atoms with Crippen LogP contribution < -0.4 is 4.90 Å². The lowest BCUT2D eigenvalue weighted by molar-refractivity contribution is 0.556. The molecule has 0 amide bonds. The second-order valence-electron chi connectivity index (χ2n) is 4.52. The van der Waals surface area contributed by atoms with E-state index in [2.05, 4.69) is 56.0 Å². The monoisotopic (exact) mass is 219 g/mol. The minimum atomic E-state index is 0.655. The van der Waals surface area contributed by atoms with Gasteiger partial charge < -0.3 is 4.90 Å². The van der Waals surface area contributed by atoms with Gasteiger partial charge in [-0.3, -0.25) is 0 Å². The Morgan fingerprint density at radius 3 is 2.31 bits per heavy atom. The van der Waals surface area contributed by atoms with Crippen molar-refractivity contribution in [1.82, 2.24) is 0 Å². The van der Waals surface area contributed by atoms with Gasteiger partial charge in [-0.05, 0) is 31.9 Å². The van der Waals surface area contributed by atoms with Crippen molar-refractivity contribution in [2.24, 2.45) is 0 Å². The van der Waals surface area contributed by atoms with Crippen LogP contribution in [0.3, 0.4) is 0 Å². The predicted molar refractivity (Wildman–Crippen MR) is 73.1 cm³/mol. The maximum atomic E-state index is 2.54. The van der Waals surface area contributed by atoms with Crippen LogP contribution in [0.5, 0.6) is 0 Å². The molecule has 0 saturated heterocycles. The lowest BCUT2D eigenvalue weighted by Crippen LogP contribution is -2.33. The summed E-state index contributed by atoms with van der Waals surface area (Å²) in [7, 11) is 0. The number of anilines is 1. The Labute approximate surface area is 100 Å². The molecule has 0 spiro atoms. The van der Waals surface area contributed by atoms with Crippen molar-refractivity contribution in [2.45, 2.75) is 52.5 Å². The molecule has 0 aromatic heterocycles. The van der Waals surface area contributed by atoms with Gasteiger partial charge in [0.1, 0.15) is 0 Å². The fourth-order valence-corrected chi connectivity index (χ4v) is 2.12. The van der Waals surface area contributed by atoms with Gasteiger partial charge in [0.2, 0.25) is 0 Å². The van der Waals surface area contributed by atoms with Gasteiger partial charge in [0, 0.05) is 18.3 Å². The van der Waals surface area contributed by atoms with Crippen LogP contribution in [0.15, 0.2) is 30.3 Å². The zero-order chi connectivity index (χ0) is 11.8. The van der Waals surface area contributed by atoms with Gasteiger partial charge in [0.15, 0.2) is 0 Å². The molecular weight excluding hydrogens is 194 g/mol. The third kappa shape index (κ3) is 3.88. The summed E-state index contributed by atoms with van der Waals surface area (Å²) in [4.78, 5) is 2.54. The number of rotatable bonds is 7. The second-order valence-corrected chi connectivity index (χ2v) is 4.52. The van der Waals surface area contributed by atoms with Crippen molar-refractivity contribution < 1.29 is 0 Å². The zero-order valence-corrected chi connectivity index (χ0v) is 10.9. The summed E-state index contributed by atoms with van der Waals surface area (Å²) in [5.41, 5.74) is 1.37. The van der Waals surface area contributed by atoms with E-state index in [1.165, 1.54) is 31.4 Å². The topological polar surface area (TPSA) is 3.24 Å². The second kappa shape index (κ2) is 7.32. The molecule has 1 aromatic rings. The van der Waals surface area contributed by atoms with Crippen molar-refractivity contribution in [2.75, 3.05) is 11.4 Å². The summed E-state index contributed by atoms with van der Waals surface area (Å²) < 4.78 is 0. The van der Waals surface area contributed by atoms with Crippen LogP contribution in [-0.4, -0.2) is 12.6 Å². The lowest BCUT2D eigenvalue weighted by atomic mass is 10.1. The van der Waals surface area contributed by atoms with Crippen LogP contribution in [0.25, 0.3) is 0 Å². The summed E-state index contributed by atoms with van der Waals surface area (Å²) in [6.45, 7) is 8.02. The number of nitrogens with zero attached hydrogens (tertiary/aromatic N) is 1. The van der Waals surface area contributed by atoms with E-state index in [0.717, 1.165) is 6.54 Å². The molecule has 0 N–H and O–H groups in total. The standard InChI is InChI=1S/C15H25N/c1-4-6-10-14(3)16(13-5-2)15-11-8-7-9-12-15/h7-9,11-12,14H,4-6,10,13H2,1-3H3. The molecule has 0 saturated carbocycles. The molecule has 0 aliphatic heterocycles. The Bertz CT molecular complexity index is 268. The van der Waals surface area contributed by atoms with E-state index in [1.807, 2.05) is 0 Å². The predicted octanol–water partition coefficient (Wildman–Crippen LogP) is 4.48. The minimum Gasteiger partial charge on any atom is -0.369 e. The molecule has 0 aliphatic carbocycles. The average Bonchev–Trinajstić information content (AvgIpc) is 2.34. The Kier molecular flexibility index (Phi) is 5.99. The maximum absolute atomic E-state index is 2.54. The SMILES string of the molecule is CCCCC(C)N(CCC)c1ccccc1. The highest BCUT2D eigenvalue weighted by Crippen LogP contribution is 2.19. The molecule has 1 aromatic carbocycles. The van der Waals surface area contributed by atoms with Crippen molar-refractivity contribution in [3.8, 4) is 0 Å². The molecule has 1 nitrogen and oxygen atoms in total. The quantitative estimate of drug-likeness (QED) is 0.653. The van der Waals surface area contributed by atoms with E-state index in [0.29, 0.717) is 6.04 Å². The van der Waals surface area contributed by atoms with Gasteiger partial charge in [-0.25, -0.2) is 0 Å². The van der Waals surface area contributed by atoms with Gasteiger partial charge in [-0.1, -0.05) is 44.9 Å². The molecule has 1 rings (SSSR count). The Balaban J connectivity index is 2.66. The summed E-state index contributed by atoms with van der Waals surface area (Å²) in [5, 5.41) is 0. The third-order valence-electron chi connectivity index (χ3n) is 3.06. The van der Waals surface area contributed by atoms with E-state index in [1.54, 1.807) is 0 Å². The first-order valence-electron chi connectivity index (χ1n) is 6.61. The maximum Gasteiger partial charge on any atom is 0.0368 e. The first kappa shape index (κ1) is 13.1. The summed E-state index contributed by atoms with van der Waals surface area (Å²) in [5.74, 6) is 0. The van der Waals surface area contributed by atoms with Crippen LogP contribution in [0, 0.1) is 0 Å². The third-order valence-corrected chi connectivity index (χ3v) is 3.06. The number of para-hydroxylation sites is 1. The summed E-state index contributed by atoms with van der Waals surface area (Å²) in [6.07, 6.45) is 5.13. The molecule has 0 fully saturated rings. The van der Waals surface area contributed by atoms with Gasteiger partial charge in [0.25, 0.3) is 0 Å². The first-order chi connectivity index (χ1) is 7.79. The van der Waals surface area contributed by atoms with Crippen molar-refractivity contribution in [3.63, 3.8) is 0 Å². The molecule has 0 radical (unpaired) electrons. The smallest absolute Gasteiger partial charge is 0.0368 e. The molecule has 0 bridgehead atoms.